The van der Waals surface area contributed by atoms with Crippen LogP contribution in [0.1, 0.15) is 48.7 Å². The van der Waals surface area contributed by atoms with E-state index in [1.54, 1.807) is 23.9 Å². The van der Waals surface area contributed by atoms with Crippen molar-refractivity contribution in [2.45, 2.75) is 45.1 Å². The first kappa shape index (κ1) is 18.5. The molecule has 1 heterocycles. The summed E-state index contributed by atoms with van der Waals surface area (Å²) in [5, 5.41) is 17.4. The maximum Gasteiger partial charge on any atom is 0.308 e. The van der Waals surface area contributed by atoms with Crippen molar-refractivity contribution in [1.29, 1.82) is 0 Å². The number of rotatable bonds is 4. The highest BCUT2D eigenvalue weighted by Gasteiger charge is 2.42. The van der Waals surface area contributed by atoms with Crippen LogP contribution in [0.4, 0.5) is 0 Å². The van der Waals surface area contributed by atoms with Gasteiger partial charge in [-0.3, -0.25) is 9.59 Å². The van der Waals surface area contributed by atoms with Gasteiger partial charge in [-0.25, -0.2) is 4.68 Å². The van der Waals surface area contributed by atoms with E-state index in [9.17, 15) is 14.7 Å². The van der Waals surface area contributed by atoms with E-state index in [1.165, 1.54) is 0 Å². The Labute approximate surface area is 157 Å². The second-order valence-electron chi connectivity index (χ2n) is 7.06. The Morgan fingerprint density at radius 2 is 2.08 bits per heavy atom. The zero-order valence-electron chi connectivity index (χ0n) is 14.8. The Bertz CT molecular complexity index is 848. The Hall–Kier alpha value is -2.34. The molecule has 1 aliphatic carbocycles. The van der Waals surface area contributed by atoms with E-state index in [-0.39, 0.29) is 11.6 Å². The van der Waals surface area contributed by atoms with Crippen LogP contribution in [-0.2, 0) is 4.79 Å². The van der Waals surface area contributed by atoms with Crippen molar-refractivity contribution in [3.63, 3.8) is 0 Å². The van der Waals surface area contributed by atoms with Crippen molar-refractivity contribution in [2.75, 3.05) is 0 Å². The predicted molar refractivity (Wildman–Crippen MR) is 98.8 cm³/mol. The standard InChI is InChI=1S/C19H22ClN3O3/c1-12-11-23(15-9-4-3-8-14(15)20)22-16(12)17(24)21-19(2)10-6-5-7-13(19)18(25)26/h3-4,8-9,11,13H,5-7,10H2,1-2H3,(H,21,24)(H,25,26). The molecule has 26 heavy (non-hydrogen) atoms. The fraction of sp³-hybridized carbons (Fsp3) is 0.421. The van der Waals surface area contributed by atoms with Gasteiger partial charge in [0, 0.05) is 11.8 Å². The van der Waals surface area contributed by atoms with Gasteiger partial charge in [-0.15, -0.1) is 0 Å². The van der Waals surface area contributed by atoms with Crippen LogP contribution < -0.4 is 5.32 Å². The first-order chi connectivity index (χ1) is 12.3. The molecule has 1 aromatic carbocycles. The van der Waals surface area contributed by atoms with Crippen molar-refractivity contribution in [3.05, 3.63) is 46.7 Å². The number of nitrogens with zero attached hydrogens (tertiary/aromatic N) is 2. The molecule has 7 heteroatoms. The molecule has 1 amide bonds. The summed E-state index contributed by atoms with van der Waals surface area (Å²) in [5.41, 5.74) is 0.889. The average molecular weight is 376 g/mol. The van der Waals surface area contributed by atoms with Gasteiger partial charge in [-0.05, 0) is 38.8 Å². The summed E-state index contributed by atoms with van der Waals surface area (Å²) in [7, 11) is 0. The molecule has 2 unspecified atom stereocenters. The number of benzene rings is 1. The van der Waals surface area contributed by atoms with E-state index < -0.39 is 17.4 Å². The highest BCUT2D eigenvalue weighted by molar-refractivity contribution is 6.32. The summed E-state index contributed by atoms with van der Waals surface area (Å²) in [4.78, 5) is 24.4. The molecular weight excluding hydrogens is 354 g/mol. The third kappa shape index (κ3) is 3.46. The number of carbonyl (C=O) groups excluding carboxylic acids is 1. The van der Waals surface area contributed by atoms with E-state index >= 15 is 0 Å². The summed E-state index contributed by atoms with van der Waals surface area (Å²) in [5.74, 6) is -1.82. The van der Waals surface area contributed by atoms with Crippen LogP contribution in [0.3, 0.4) is 0 Å². The number of para-hydroxylation sites is 1. The second-order valence-corrected chi connectivity index (χ2v) is 7.47. The highest BCUT2D eigenvalue weighted by Crippen LogP contribution is 2.34. The SMILES string of the molecule is Cc1cn(-c2ccccc2Cl)nc1C(=O)NC1(C)CCCCC1C(=O)O. The molecule has 2 N–H and O–H groups in total. The maximum absolute atomic E-state index is 12.8. The maximum atomic E-state index is 12.8. The van der Waals surface area contributed by atoms with Gasteiger partial charge < -0.3 is 10.4 Å². The number of hydrogen-bond acceptors (Lipinski definition) is 3. The molecular formula is C19H22ClN3O3. The summed E-state index contributed by atoms with van der Waals surface area (Å²) in [6, 6.07) is 7.25. The number of aromatic nitrogens is 2. The number of hydrogen-bond donors (Lipinski definition) is 2. The van der Waals surface area contributed by atoms with Gasteiger partial charge in [0.05, 0.1) is 22.2 Å². The third-order valence-corrected chi connectivity index (χ3v) is 5.44. The Morgan fingerprint density at radius 1 is 1.35 bits per heavy atom. The molecule has 0 spiro atoms. The fourth-order valence-electron chi connectivity index (χ4n) is 3.64. The van der Waals surface area contributed by atoms with Crippen molar-refractivity contribution >= 4 is 23.5 Å². The second kappa shape index (κ2) is 7.11. The molecule has 0 saturated heterocycles. The van der Waals surface area contributed by atoms with Crippen molar-refractivity contribution in [1.82, 2.24) is 15.1 Å². The minimum atomic E-state index is -0.870. The number of carbonyl (C=O) groups is 2. The predicted octanol–water partition coefficient (Wildman–Crippen LogP) is 3.60. The third-order valence-electron chi connectivity index (χ3n) is 5.12. The number of amides is 1. The number of aliphatic carboxylic acids is 1. The van der Waals surface area contributed by atoms with Gasteiger partial charge in [0.25, 0.3) is 5.91 Å². The normalized spacial score (nSPS) is 22.8. The largest absolute Gasteiger partial charge is 0.481 e. The van der Waals surface area contributed by atoms with Crippen LogP contribution in [0.2, 0.25) is 5.02 Å². The number of carboxylic acid groups (broad SMARTS) is 1. The first-order valence-electron chi connectivity index (χ1n) is 8.68. The van der Waals surface area contributed by atoms with Crippen molar-refractivity contribution < 1.29 is 14.7 Å². The van der Waals surface area contributed by atoms with E-state index in [1.807, 2.05) is 25.1 Å². The van der Waals surface area contributed by atoms with Crippen LogP contribution in [-0.4, -0.2) is 32.3 Å². The molecule has 0 aliphatic heterocycles. The lowest BCUT2D eigenvalue weighted by Gasteiger charge is -2.39. The molecule has 2 atom stereocenters. The number of halogens is 1. The lowest BCUT2D eigenvalue weighted by Crippen LogP contribution is -2.55. The zero-order valence-corrected chi connectivity index (χ0v) is 15.6. The van der Waals surface area contributed by atoms with Crippen LogP contribution >= 0.6 is 11.6 Å². The molecule has 0 radical (unpaired) electrons. The first-order valence-corrected chi connectivity index (χ1v) is 9.06. The molecule has 6 nitrogen and oxygen atoms in total. The molecule has 1 aromatic heterocycles. The average Bonchev–Trinajstić information content (AvgIpc) is 2.96. The number of nitrogens with one attached hydrogen (secondary N) is 1. The van der Waals surface area contributed by atoms with Gasteiger partial charge in [-0.1, -0.05) is 36.6 Å². The van der Waals surface area contributed by atoms with Gasteiger partial charge >= 0.3 is 5.97 Å². The van der Waals surface area contributed by atoms with Gasteiger partial charge in [-0.2, -0.15) is 5.10 Å². The zero-order chi connectivity index (χ0) is 18.9. The summed E-state index contributed by atoms with van der Waals surface area (Å²) in [6.45, 7) is 3.61. The van der Waals surface area contributed by atoms with Crippen LogP contribution in [0, 0.1) is 12.8 Å². The smallest absolute Gasteiger partial charge is 0.308 e. The fourth-order valence-corrected chi connectivity index (χ4v) is 3.87. The minimum Gasteiger partial charge on any atom is -0.481 e. The van der Waals surface area contributed by atoms with Crippen LogP contribution in [0.15, 0.2) is 30.5 Å². The molecule has 1 saturated carbocycles. The molecule has 2 aromatic rings. The van der Waals surface area contributed by atoms with Gasteiger partial charge in [0.2, 0.25) is 0 Å². The van der Waals surface area contributed by atoms with Crippen LogP contribution in [0.25, 0.3) is 5.69 Å². The topological polar surface area (TPSA) is 84.2 Å². The Balaban J connectivity index is 1.87. The Kier molecular flexibility index (Phi) is 5.05. The summed E-state index contributed by atoms with van der Waals surface area (Å²) in [6.07, 6.45) is 4.71. The summed E-state index contributed by atoms with van der Waals surface area (Å²) < 4.78 is 1.57. The van der Waals surface area contributed by atoms with Gasteiger partial charge in [0.1, 0.15) is 0 Å². The lowest BCUT2D eigenvalue weighted by molar-refractivity contribution is -0.145. The van der Waals surface area contributed by atoms with Crippen molar-refractivity contribution in [2.24, 2.45) is 5.92 Å². The van der Waals surface area contributed by atoms with E-state index in [0.717, 1.165) is 12.8 Å². The lowest BCUT2D eigenvalue weighted by atomic mass is 9.74. The van der Waals surface area contributed by atoms with Crippen molar-refractivity contribution in [3.8, 4) is 5.69 Å². The quantitative estimate of drug-likeness (QED) is 0.855. The molecule has 0 bridgehead atoms. The monoisotopic (exact) mass is 375 g/mol. The molecule has 1 aliphatic rings. The van der Waals surface area contributed by atoms with E-state index in [0.29, 0.717) is 29.1 Å². The highest BCUT2D eigenvalue weighted by atomic mass is 35.5. The number of carboxylic acids is 1. The Morgan fingerprint density at radius 3 is 2.77 bits per heavy atom. The minimum absolute atomic E-state index is 0.279. The molecule has 3 rings (SSSR count). The molecule has 1 fully saturated rings. The van der Waals surface area contributed by atoms with E-state index in [4.69, 9.17) is 11.6 Å². The summed E-state index contributed by atoms with van der Waals surface area (Å²) >= 11 is 6.21. The number of aryl methyl sites for hydroxylation is 1. The molecule has 138 valence electrons. The van der Waals surface area contributed by atoms with Crippen LogP contribution in [0.5, 0.6) is 0 Å². The van der Waals surface area contributed by atoms with Gasteiger partial charge in [0.15, 0.2) is 5.69 Å². The van der Waals surface area contributed by atoms with E-state index in [2.05, 4.69) is 10.4 Å².